The first-order valence-electron chi connectivity index (χ1n) is 9.93. The zero-order valence-electron chi connectivity index (χ0n) is 16.5. The number of fused-ring (bicyclic) bond motifs is 2. The molecule has 5 nitrogen and oxygen atoms in total. The minimum atomic E-state index is -4.55. The fraction of sp³-hybridized carbons (Fsp3) is 0.227. The van der Waals surface area contributed by atoms with Crippen LogP contribution in [-0.4, -0.2) is 19.6 Å². The highest BCUT2D eigenvalue weighted by Gasteiger charge is 2.33. The standard InChI is InChI=1S/C22H16Cl2F3N5/c23-13-6-4-12(5-7-13)10-19-30-21-29-18-3-1-2-15(18)20(32(21)31-19)28-14-8-9-17(24)16(11-14)22(25,26)27/h4-9,11,28H,1-3,10H2. The van der Waals surface area contributed by atoms with Crippen molar-refractivity contribution in [3.8, 4) is 0 Å². The number of rotatable bonds is 4. The minimum Gasteiger partial charge on any atom is -0.340 e. The number of hydrogen-bond donors (Lipinski definition) is 1. The predicted molar refractivity (Wildman–Crippen MR) is 117 cm³/mol. The van der Waals surface area contributed by atoms with Crippen LogP contribution in [0.25, 0.3) is 5.78 Å². The highest BCUT2D eigenvalue weighted by Crippen LogP contribution is 2.37. The minimum absolute atomic E-state index is 0.262. The summed E-state index contributed by atoms with van der Waals surface area (Å²) >= 11 is 11.7. The van der Waals surface area contributed by atoms with Crippen LogP contribution in [-0.2, 0) is 25.4 Å². The van der Waals surface area contributed by atoms with Gasteiger partial charge in [-0.1, -0.05) is 35.3 Å². The van der Waals surface area contributed by atoms with Crippen LogP contribution in [0, 0.1) is 0 Å². The van der Waals surface area contributed by atoms with Crippen LogP contribution in [0.3, 0.4) is 0 Å². The third-order valence-electron chi connectivity index (χ3n) is 5.37. The Morgan fingerprint density at radius 2 is 1.78 bits per heavy atom. The Balaban J connectivity index is 1.56. The van der Waals surface area contributed by atoms with Crippen LogP contribution in [0.15, 0.2) is 42.5 Å². The van der Waals surface area contributed by atoms with Crippen molar-refractivity contribution in [2.45, 2.75) is 31.9 Å². The van der Waals surface area contributed by atoms with Crippen LogP contribution in [0.2, 0.25) is 10.0 Å². The van der Waals surface area contributed by atoms with Gasteiger partial charge >= 0.3 is 6.18 Å². The summed E-state index contributed by atoms with van der Waals surface area (Å²) < 4.78 is 41.5. The summed E-state index contributed by atoms with van der Waals surface area (Å²) in [5, 5.41) is 8.00. The van der Waals surface area contributed by atoms with E-state index in [1.165, 1.54) is 12.1 Å². The molecule has 10 heteroatoms. The van der Waals surface area contributed by atoms with Crippen molar-refractivity contribution in [1.82, 2.24) is 19.6 Å². The molecule has 1 aliphatic carbocycles. The van der Waals surface area contributed by atoms with Crippen LogP contribution in [0.4, 0.5) is 24.7 Å². The normalized spacial score (nSPS) is 13.5. The maximum atomic E-state index is 13.3. The number of hydrogen-bond acceptors (Lipinski definition) is 4. The molecule has 4 aromatic rings. The Morgan fingerprint density at radius 3 is 2.53 bits per heavy atom. The quantitative estimate of drug-likeness (QED) is 0.376. The molecule has 0 unspecified atom stereocenters. The molecule has 32 heavy (non-hydrogen) atoms. The average Bonchev–Trinajstić information content (AvgIpc) is 3.36. The molecule has 2 aromatic carbocycles. The number of nitrogens with one attached hydrogen (secondary N) is 1. The second-order valence-corrected chi connectivity index (χ2v) is 8.44. The van der Waals surface area contributed by atoms with E-state index in [0.717, 1.165) is 42.1 Å². The zero-order valence-corrected chi connectivity index (χ0v) is 18.1. The lowest BCUT2D eigenvalue weighted by atomic mass is 10.1. The Hall–Kier alpha value is -2.84. The molecule has 0 spiro atoms. The number of aryl methyl sites for hydroxylation is 1. The molecule has 0 fully saturated rings. The first-order valence-corrected chi connectivity index (χ1v) is 10.7. The van der Waals surface area contributed by atoms with Gasteiger partial charge in [-0.2, -0.15) is 22.7 Å². The van der Waals surface area contributed by atoms with E-state index in [1.54, 1.807) is 16.6 Å². The van der Waals surface area contributed by atoms with Crippen LogP contribution in [0.5, 0.6) is 0 Å². The first kappa shape index (κ1) is 21.0. The van der Waals surface area contributed by atoms with Crippen molar-refractivity contribution in [3.05, 3.63) is 80.7 Å². The van der Waals surface area contributed by atoms with Crippen LogP contribution >= 0.6 is 23.2 Å². The first-order chi connectivity index (χ1) is 15.3. The molecule has 0 atom stereocenters. The molecule has 164 valence electrons. The number of nitrogens with zero attached hydrogens (tertiary/aromatic N) is 4. The maximum absolute atomic E-state index is 13.3. The molecule has 0 saturated heterocycles. The maximum Gasteiger partial charge on any atom is 0.417 e. The van der Waals surface area contributed by atoms with E-state index in [0.29, 0.717) is 28.9 Å². The summed E-state index contributed by atoms with van der Waals surface area (Å²) in [5.41, 5.74) is 2.17. The van der Waals surface area contributed by atoms with Gasteiger partial charge < -0.3 is 5.32 Å². The highest BCUT2D eigenvalue weighted by atomic mass is 35.5. The van der Waals surface area contributed by atoms with Gasteiger partial charge in [0.2, 0.25) is 0 Å². The van der Waals surface area contributed by atoms with Crippen molar-refractivity contribution in [2.75, 3.05) is 5.32 Å². The van der Waals surface area contributed by atoms with E-state index in [-0.39, 0.29) is 10.7 Å². The molecule has 2 aromatic heterocycles. The van der Waals surface area contributed by atoms with Gasteiger partial charge in [0.1, 0.15) is 5.82 Å². The van der Waals surface area contributed by atoms with Gasteiger partial charge in [0.15, 0.2) is 5.82 Å². The number of alkyl halides is 3. The molecule has 0 amide bonds. The monoisotopic (exact) mass is 477 g/mol. The predicted octanol–water partition coefficient (Wildman–Crippen LogP) is 6.27. The molecule has 1 N–H and O–H groups in total. The number of aromatic nitrogens is 4. The SMILES string of the molecule is FC(F)(F)c1cc(Nc2c3c(nc4nc(Cc5ccc(Cl)cc5)nn24)CCC3)ccc1Cl. The van der Waals surface area contributed by atoms with Gasteiger partial charge in [-0.15, -0.1) is 5.10 Å². The van der Waals surface area contributed by atoms with Crippen LogP contribution in [0.1, 0.15) is 34.6 Å². The van der Waals surface area contributed by atoms with Crippen molar-refractivity contribution in [1.29, 1.82) is 0 Å². The number of halogens is 5. The second kappa shape index (κ2) is 7.94. The van der Waals surface area contributed by atoms with E-state index in [1.807, 2.05) is 12.1 Å². The summed E-state index contributed by atoms with van der Waals surface area (Å²) in [5.74, 6) is 1.54. The molecule has 0 aliphatic heterocycles. The lowest BCUT2D eigenvalue weighted by molar-refractivity contribution is -0.137. The largest absolute Gasteiger partial charge is 0.417 e. The Morgan fingerprint density at radius 1 is 1.00 bits per heavy atom. The Bertz CT molecular complexity index is 1320. The van der Waals surface area contributed by atoms with E-state index < -0.39 is 11.7 Å². The van der Waals surface area contributed by atoms with Gasteiger partial charge in [0.05, 0.1) is 16.3 Å². The van der Waals surface area contributed by atoms with Crippen molar-refractivity contribution >= 4 is 40.5 Å². The number of benzene rings is 2. The second-order valence-electron chi connectivity index (χ2n) is 7.60. The van der Waals surface area contributed by atoms with Gasteiger partial charge in [-0.05, 0) is 55.2 Å². The van der Waals surface area contributed by atoms with Gasteiger partial charge in [-0.25, -0.2) is 4.98 Å². The topological polar surface area (TPSA) is 55.1 Å². The van der Waals surface area contributed by atoms with Crippen LogP contribution < -0.4 is 5.32 Å². The molecule has 0 saturated carbocycles. The van der Waals surface area contributed by atoms with Gasteiger partial charge in [-0.3, -0.25) is 0 Å². The summed E-state index contributed by atoms with van der Waals surface area (Å²) in [6, 6.07) is 11.1. The van der Waals surface area contributed by atoms with Gasteiger partial charge in [0.25, 0.3) is 5.78 Å². The Kier molecular flexibility index (Phi) is 5.22. The molecular formula is C22H16Cl2F3N5. The molecular weight excluding hydrogens is 462 g/mol. The van der Waals surface area contributed by atoms with Crippen molar-refractivity contribution in [3.63, 3.8) is 0 Å². The van der Waals surface area contributed by atoms with Crippen molar-refractivity contribution in [2.24, 2.45) is 0 Å². The average molecular weight is 478 g/mol. The fourth-order valence-corrected chi connectivity index (χ4v) is 4.22. The fourth-order valence-electron chi connectivity index (χ4n) is 3.87. The lowest BCUT2D eigenvalue weighted by Gasteiger charge is -2.15. The summed E-state index contributed by atoms with van der Waals surface area (Å²) in [4.78, 5) is 9.18. The summed E-state index contributed by atoms with van der Waals surface area (Å²) in [6.07, 6.45) is -1.62. The highest BCUT2D eigenvalue weighted by molar-refractivity contribution is 6.31. The molecule has 1 aliphatic rings. The Labute approximate surface area is 191 Å². The van der Waals surface area contributed by atoms with Gasteiger partial charge in [0, 0.05) is 22.7 Å². The lowest BCUT2D eigenvalue weighted by Crippen LogP contribution is -2.09. The smallest absolute Gasteiger partial charge is 0.340 e. The third-order valence-corrected chi connectivity index (χ3v) is 5.95. The third kappa shape index (κ3) is 4.00. The van der Waals surface area contributed by atoms with Crippen molar-refractivity contribution < 1.29 is 13.2 Å². The van der Waals surface area contributed by atoms with E-state index in [9.17, 15) is 13.2 Å². The molecule has 0 bridgehead atoms. The van der Waals surface area contributed by atoms with E-state index in [4.69, 9.17) is 23.2 Å². The number of anilines is 2. The zero-order chi connectivity index (χ0) is 22.5. The molecule has 2 heterocycles. The molecule has 5 rings (SSSR count). The van der Waals surface area contributed by atoms with E-state index in [2.05, 4.69) is 20.4 Å². The summed E-state index contributed by atoms with van der Waals surface area (Å²) in [7, 11) is 0. The molecule has 0 radical (unpaired) electrons. The van der Waals surface area contributed by atoms with E-state index >= 15 is 0 Å². The summed E-state index contributed by atoms with van der Waals surface area (Å²) in [6.45, 7) is 0.